The first-order valence-corrected chi connectivity index (χ1v) is 6.04. The number of halogens is 4. The summed E-state index contributed by atoms with van der Waals surface area (Å²) in [6, 6.07) is 0.856. The Morgan fingerprint density at radius 2 is 2.19 bits per heavy atom. The zero-order valence-corrected chi connectivity index (χ0v) is 10.0. The standard InChI is InChI=1S/C9H10ClF3N2S/c1-6(4-10)5-16-8-14-3-2-7(15-8)9(11,12)13/h2-3,6H,4-5H2,1H3. The Bertz CT molecular complexity index is 346. The third kappa shape index (κ3) is 4.17. The summed E-state index contributed by atoms with van der Waals surface area (Å²) in [4.78, 5) is 7.20. The minimum atomic E-state index is -4.42. The number of hydrogen-bond donors (Lipinski definition) is 0. The van der Waals surface area contributed by atoms with Crippen LogP contribution >= 0.6 is 23.4 Å². The van der Waals surface area contributed by atoms with Gasteiger partial charge in [0.25, 0.3) is 0 Å². The van der Waals surface area contributed by atoms with E-state index in [-0.39, 0.29) is 11.1 Å². The van der Waals surface area contributed by atoms with Crippen LogP contribution in [0.4, 0.5) is 13.2 Å². The topological polar surface area (TPSA) is 25.8 Å². The summed E-state index contributed by atoms with van der Waals surface area (Å²) in [6.45, 7) is 1.91. The highest BCUT2D eigenvalue weighted by atomic mass is 35.5. The highest BCUT2D eigenvalue weighted by molar-refractivity contribution is 7.99. The van der Waals surface area contributed by atoms with Crippen LogP contribution in [0.1, 0.15) is 12.6 Å². The minimum absolute atomic E-state index is 0.131. The summed E-state index contributed by atoms with van der Waals surface area (Å²) >= 11 is 6.76. The van der Waals surface area contributed by atoms with Crippen molar-refractivity contribution < 1.29 is 13.2 Å². The van der Waals surface area contributed by atoms with E-state index in [1.807, 2.05) is 6.92 Å². The van der Waals surface area contributed by atoms with Gasteiger partial charge in [-0.2, -0.15) is 13.2 Å². The van der Waals surface area contributed by atoms with Gasteiger partial charge in [0, 0.05) is 17.8 Å². The zero-order valence-electron chi connectivity index (χ0n) is 8.46. The summed E-state index contributed by atoms with van der Waals surface area (Å²) < 4.78 is 36.9. The number of hydrogen-bond acceptors (Lipinski definition) is 3. The Morgan fingerprint density at radius 3 is 2.75 bits per heavy atom. The molecule has 0 bridgehead atoms. The molecule has 1 aromatic heterocycles. The lowest BCUT2D eigenvalue weighted by molar-refractivity contribution is -0.141. The lowest BCUT2D eigenvalue weighted by Gasteiger charge is -2.08. The molecule has 0 N–H and O–H groups in total. The summed E-state index contributed by atoms with van der Waals surface area (Å²) in [5, 5.41) is 0.131. The second kappa shape index (κ2) is 5.72. The molecule has 1 aromatic rings. The van der Waals surface area contributed by atoms with Gasteiger partial charge < -0.3 is 0 Å². The van der Waals surface area contributed by atoms with Gasteiger partial charge in [-0.1, -0.05) is 18.7 Å². The third-order valence-corrected chi connectivity index (χ3v) is 3.40. The second-order valence-corrected chi connectivity index (χ2v) is 4.59. The van der Waals surface area contributed by atoms with Gasteiger partial charge in [-0.15, -0.1) is 11.6 Å². The second-order valence-electron chi connectivity index (χ2n) is 3.29. The average Bonchev–Trinajstić information content (AvgIpc) is 2.25. The molecule has 0 aromatic carbocycles. The summed E-state index contributed by atoms with van der Waals surface area (Å²) in [5.41, 5.74) is -0.913. The van der Waals surface area contributed by atoms with Crippen LogP contribution in [-0.4, -0.2) is 21.6 Å². The number of nitrogens with zero attached hydrogens (tertiary/aromatic N) is 2. The molecule has 0 aliphatic rings. The van der Waals surface area contributed by atoms with Crippen LogP contribution in [-0.2, 0) is 6.18 Å². The monoisotopic (exact) mass is 270 g/mol. The fraction of sp³-hybridized carbons (Fsp3) is 0.556. The van der Waals surface area contributed by atoms with E-state index in [1.54, 1.807) is 0 Å². The van der Waals surface area contributed by atoms with E-state index in [0.717, 1.165) is 12.3 Å². The number of aromatic nitrogens is 2. The highest BCUT2D eigenvalue weighted by Crippen LogP contribution is 2.28. The van der Waals surface area contributed by atoms with Crippen LogP contribution in [0.15, 0.2) is 17.4 Å². The summed E-state index contributed by atoms with van der Waals surface area (Å²) in [5.74, 6) is 1.28. The lowest BCUT2D eigenvalue weighted by atomic mass is 10.3. The molecule has 1 rings (SSSR count). The van der Waals surface area contributed by atoms with Gasteiger partial charge in [0.1, 0.15) is 5.69 Å². The minimum Gasteiger partial charge on any atom is -0.231 e. The fourth-order valence-electron chi connectivity index (χ4n) is 0.830. The van der Waals surface area contributed by atoms with E-state index in [0.29, 0.717) is 11.6 Å². The van der Waals surface area contributed by atoms with Gasteiger partial charge in [-0.05, 0) is 12.0 Å². The van der Waals surface area contributed by atoms with Crippen molar-refractivity contribution in [2.24, 2.45) is 5.92 Å². The molecule has 7 heteroatoms. The molecule has 0 saturated heterocycles. The molecule has 0 saturated carbocycles. The molecule has 0 spiro atoms. The van der Waals surface area contributed by atoms with Gasteiger partial charge in [0.05, 0.1) is 0 Å². The number of alkyl halides is 4. The molecular weight excluding hydrogens is 261 g/mol. The summed E-state index contributed by atoms with van der Waals surface area (Å²) in [6.07, 6.45) is -3.31. The fourth-order valence-corrected chi connectivity index (χ4v) is 1.92. The molecule has 1 unspecified atom stereocenters. The van der Waals surface area contributed by atoms with Crippen molar-refractivity contribution in [3.63, 3.8) is 0 Å². The van der Waals surface area contributed by atoms with Crippen molar-refractivity contribution in [1.82, 2.24) is 9.97 Å². The number of rotatable bonds is 4. The SMILES string of the molecule is CC(CCl)CSc1nccc(C(F)(F)F)n1. The van der Waals surface area contributed by atoms with E-state index in [2.05, 4.69) is 9.97 Å². The Kier molecular flexibility index (Phi) is 4.86. The molecule has 0 radical (unpaired) electrons. The predicted octanol–water partition coefficient (Wildman–Crippen LogP) is 3.46. The van der Waals surface area contributed by atoms with Crippen molar-refractivity contribution >= 4 is 23.4 Å². The molecule has 1 atom stereocenters. The van der Waals surface area contributed by atoms with Crippen molar-refractivity contribution in [1.29, 1.82) is 0 Å². The molecule has 0 aliphatic carbocycles. The van der Waals surface area contributed by atoms with Crippen LogP contribution in [0.3, 0.4) is 0 Å². The molecule has 0 fully saturated rings. The molecule has 2 nitrogen and oxygen atoms in total. The first kappa shape index (κ1) is 13.6. The van der Waals surface area contributed by atoms with Gasteiger partial charge in [0.15, 0.2) is 5.16 Å². The Balaban J connectivity index is 2.68. The van der Waals surface area contributed by atoms with E-state index in [4.69, 9.17) is 11.6 Å². The predicted molar refractivity (Wildman–Crippen MR) is 57.6 cm³/mol. The Labute approximate surface area is 101 Å². The van der Waals surface area contributed by atoms with Gasteiger partial charge in [-0.25, -0.2) is 9.97 Å². The number of thioether (sulfide) groups is 1. The van der Waals surface area contributed by atoms with Crippen LogP contribution in [0.5, 0.6) is 0 Å². The third-order valence-electron chi connectivity index (χ3n) is 1.68. The van der Waals surface area contributed by atoms with Crippen molar-refractivity contribution in [2.75, 3.05) is 11.6 Å². The Morgan fingerprint density at radius 1 is 1.50 bits per heavy atom. The largest absolute Gasteiger partial charge is 0.433 e. The van der Waals surface area contributed by atoms with Gasteiger partial charge >= 0.3 is 6.18 Å². The molecule has 16 heavy (non-hydrogen) atoms. The first-order valence-electron chi connectivity index (χ1n) is 4.52. The van der Waals surface area contributed by atoms with E-state index >= 15 is 0 Å². The van der Waals surface area contributed by atoms with Crippen LogP contribution in [0.2, 0.25) is 0 Å². The molecule has 1 heterocycles. The van der Waals surface area contributed by atoms with Gasteiger partial charge in [-0.3, -0.25) is 0 Å². The normalized spacial score (nSPS) is 13.8. The van der Waals surface area contributed by atoms with Crippen LogP contribution in [0.25, 0.3) is 0 Å². The maximum absolute atomic E-state index is 12.3. The highest BCUT2D eigenvalue weighted by Gasteiger charge is 2.32. The van der Waals surface area contributed by atoms with E-state index in [1.165, 1.54) is 11.8 Å². The summed E-state index contributed by atoms with van der Waals surface area (Å²) in [7, 11) is 0. The smallest absolute Gasteiger partial charge is 0.231 e. The molecule has 0 aliphatic heterocycles. The zero-order chi connectivity index (χ0) is 12.2. The molecule has 90 valence electrons. The van der Waals surface area contributed by atoms with Crippen molar-refractivity contribution in [3.8, 4) is 0 Å². The lowest BCUT2D eigenvalue weighted by Crippen LogP contribution is -2.09. The van der Waals surface area contributed by atoms with Crippen molar-refractivity contribution in [2.45, 2.75) is 18.3 Å². The van der Waals surface area contributed by atoms with Crippen molar-refractivity contribution in [3.05, 3.63) is 18.0 Å². The quantitative estimate of drug-likeness (QED) is 0.476. The maximum atomic E-state index is 12.3. The maximum Gasteiger partial charge on any atom is 0.433 e. The van der Waals surface area contributed by atoms with Crippen LogP contribution in [0, 0.1) is 5.92 Å². The molecule has 0 amide bonds. The first-order chi connectivity index (χ1) is 7.43. The van der Waals surface area contributed by atoms with E-state index < -0.39 is 11.9 Å². The van der Waals surface area contributed by atoms with Crippen LogP contribution < -0.4 is 0 Å². The van der Waals surface area contributed by atoms with Gasteiger partial charge in [0.2, 0.25) is 0 Å². The molecular formula is C9H10ClF3N2S. The Hall–Kier alpha value is -0.490. The average molecular weight is 271 g/mol. The van der Waals surface area contributed by atoms with E-state index in [9.17, 15) is 13.2 Å².